The van der Waals surface area contributed by atoms with Crippen LogP contribution in [0.3, 0.4) is 0 Å². The lowest BCUT2D eigenvalue weighted by Gasteiger charge is -2.15. The van der Waals surface area contributed by atoms with Crippen LogP contribution in [0.1, 0.15) is 53.4 Å². The van der Waals surface area contributed by atoms with Crippen LogP contribution in [0.4, 0.5) is 4.39 Å². The molecule has 3 unspecified atom stereocenters. The smallest absolute Gasteiger partial charge is 0.0976 e. The average Bonchev–Trinajstić information content (AvgIpc) is 2.02. The molecule has 0 saturated carbocycles. The molecule has 2 heteroatoms. The summed E-state index contributed by atoms with van der Waals surface area (Å²) in [6.45, 7) is 8.04. The number of alkyl halides is 2. The van der Waals surface area contributed by atoms with Gasteiger partial charge in [-0.3, -0.25) is 0 Å². The van der Waals surface area contributed by atoms with Gasteiger partial charge in [0, 0.05) is 5.38 Å². The molecular formula is C12H24ClF. The van der Waals surface area contributed by atoms with Gasteiger partial charge in [0.15, 0.2) is 0 Å². The normalized spacial score (nSPS) is 18.2. The maximum absolute atomic E-state index is 12.6. The monoisotopic (exact) mass is 222 g/mol. The molecule has 0 aliphatic rings. The lowest BCUT2D eigenvalue weighted by Crippen LogP contribution is -2.09. The predicted molar refractivity (Wildman–Crippen MR) is 62.7 cm³/mol. The summed E-state index contributed by atoms with van der Waals surface area (Å²) < 4.78 is 12.6. The molecule has 0 amide bonds. The van der Waals surface area contributed by atoms with Crippen molar-refractivity contribution < 1.29 is 4.39 Å². The van der Waals surface area contributed by atoms with Crippen LogP contribution in [0.25, 0.3) is 0 Å². The molecule has 0 spiro atoms. The summed E-state index contributed by atoms with van der Waals surface area (Å²) in [5.41, 5.74) is 0. The van der Waals surface area contributed by atoms with Crippen LogP contribution in [-0.4, -0.2) is 11.5 Å². The Balaban J connectivity index is 3.44. The molecule has 0 aromatic carbocycles. The first kappa shape index (κ1) is 14.2. The molecule has 0 N–H and O–H groups in total. The van der Waals surface area contributed by atoms with Gasteiger partial charge in [-0.25, -0.2) is 4.39 Å². The highest BCUT2D eigenvalue weighted by Gasteiger charge is 2.11. The molecule has 0 bridgehead atoms. The molecule has 0 aromatic rings. The first-order valence-corrected chi connectivity index (χ1v) is 6.15. The lowest BCUT2D eigenvalue weighted by atomic mass is 9.96. The van der Waals surface area contributed by atoms with Crippen molar-refractivity contribution >= 4 is 11.6 Å². The van der Waals surface area contributed by atoms with E-state index in [1.165, 1.54) is 0 Å². The SMILES string of the molecule is CC(F)CC(C)CCCC(Cl)C(C)C. The molecule has 3 atom stereocenters. The van der Waals surface area contributed by atoms with E-state index in [1.807, 2.05) is 0 Å². The van der Waals surface area contributed by atoms with Gasteiger partial charge in [-0.05, 0) is 31.6 Å². The number of hydrogen-bond donors (Lipinski definition) is 0. The molecule has 0 radical (unpaired) electrons. The minimum Gasteiger partial charge on any atom is -0.248 e. The Morgan fingerprint density at radius 2 is 1.64 bits per heavy atom. The Hall–Kier alpha value is 0.220. The van der Waals surface area contributed by atoms with Crippen molar-refractivity contribution in [3.8, 4) is 0 Å². The van der Waals surface area contributed by atoms with Gasteiger partial charge in [0.25, 0.3) is 0 Å². The van der Waals surface area contributed by atoms with Gasteiger partial charge in [0.05, 0.1) is 6.17 Å². The Kier molecular flexibility index (Phi) is 7.62. The summed E-state index contributed by atoms with van der Waals surface area (Å²) in [5, 5.41) is 0.282. The van der Waals surface area contributed by atoms with Gasteiger partial charge in [0.2, 0.25) is 0 Å². The first-order chi connectivity index (χ1) is 6.43. The lowest BCUT2D eigenvalue weighted by molar-refractivity contribution is 0.286. The van der Waals surface area contributed by atoms with E-state index in [0.717, 1.165) is 19.3 Å². The second-order valence-corrected chi connectivity index (χ2v) is 5.37. The van der Waals surface area contributed by atoms with Crippen LogP contribution < -0.4 is 0 Å². The molecule has 14 heavy (non-hydrogen) atoms. The van der Waals surface area contributed by atoms with E-state index in [1.54, 1.807) is 6.92 Å². The second kappa shape index (κ2) is 7.50. The quantitative estimate of drug-likeness (QED) is 0.543. The fraction of sp³-hybridized carbons (Fsp3) is 1.00. The van der Waals surface area contributed by atoms with Crippen molar-refractivity contribution in [2.75, 3.05) is 0 Å². The van der Waals surface area contributed by atoms with E-state index in [2.05, 4.69) is 20.8 Å². The van der Waals surface area contributed by atoms with Crippen molar-refractivity contribution in [2.24, 2.45) is 11.8 Å². The molecule has 0 aromatic heterocycles. The molecule has 0 nitrogen and oxygen atoms in total. The Labute approximate surface area is 93.2 Å². The van der Waals surface area contributed by atoms with Gasteiger partial charge in [-0.15, -0.1) is 11.6 Å². The van der Waals surface area contributed by atoms with E-state index in [4.69, 9.17) is 11.6 Å². The highest BCUT2D eigenvalue weighted by Crippen LogP contribution is 2.20. The standard InChI is InChI=1S/C12H24ClF/c1-9(2)12(13)7-5-6-10(3)8-11(4)14/h9-12H,5-8H2,1-4H3. The summed E-state index contributed by atoms with van der Waals surface area (Å²) >= 11 is 6.13. The van der Waals surface area contributed by atoms with Crippen LogP contribution in [0, 0.1) is 11.8 Å². The summed E-state index contributed by atoms with van der Waals surface area (Å²) in [7, 11) is 0. The summed E-state index contributed by atoms with van der Waals surface area (Å²) in [6.07, 6.45) is 3.31. The minimum absolute atomic E-state index is 0.282. The molecule has 0 heterocycles. The van der Waals surface area contributed by atoms with Crippen molar-refractivity contribution in [3.05, 3.63) is 0 Å². The third kappa shape index (κ3) is 7.61. The molecule has 0 fully saturated rings. The minimum atomic E-state index is -0.665. The predicted octanol–water partition coefficient (Wildman–Crippen LogP) is 4.80. The fourth-order valence-corrected chi connectivity index (χ4v) is 1.82. The van der Waals surface area contributed by atoms with E-state index >= 15 is 0 Å². The van der Waals surface area contributed by atoms with Gasteiger partial charge < -0.3 is 0 Å². The van der Waals surface area contributed by atoms with Crippen LogP contribution in [-0.2, 0) is 0 Å². The average molecular weight is 223 g/mol. The van der Waals surface area contributed by atoms with E-state index < -0.39 is 6.17 Å². The zero-order chi connectivity index (χ0) is 11.1. The molecule has 86 valence electrons. The largest absolute Gasteiger partial charge is 0.248 e. The molecule has 0 aliphatic heterocycles. The molecule has 0 rings (SSSR count). The van der Waals surface area contributed by atoms with E-state index in [0.29, 0.717) is 18.3 Å². The highest BCUT2D eigenvalue weighted by molar-refractivity contribution is 6.20. The summed E-state index contributed by atoms with van der Waals surface area (Å²) in [4.78, 5) is 0. The topological polar surface area (TPSA) is 0 Å². The number of halogens is 2. The number of hydrogen-bond acceptors (Lipinski definition) is 0. The fourth-order valence-electron chi connectivity index (χ4n) is 1.67. The Morgan fingerprint density at radius 3 is 2.07 bits per heavy atom. The van der Waals surface area contributed by atoms with E-state index in [-0.39, 0.29) is 5.38 Å². The maximum atomic E-state index is 12.6. The van der Waals surface area contributed by atoms with Crippen LogP contribution in [0.5, 0.6) is 0 Å². The van der Waals surface area contributed by atoms with Crippen molar-refractivity contribution in [1.82, 2.24) is 0 Å². The van der Waals surface area contributed by atoms with Crippen LogP contribution in [0.2, 0.25) is 0 Å². The van der Waals surface area contributed by atoms with Gasteiger partial charge in [-0.1, -0.05) is 33.6 Å². The van der Waals surface area contributed by atoms with Crippen molar-refractivity contribution in [2.45, 2.75) is 64.9 Å². The van der Waals surface area contributed by atoms with Gasteiger partial charge >= 0.3 is 0 Å². The molecule has 0 saturated heterocycles. The third-order valence-electron chi connectivity index (χ3n) is 2.63. The summed E-state index contributed by atoms with van der Waals surface area (Å²) in [6, 6.07) is 0. The van der Waals surface area contributed by atoms with Gasteiger partial charge in [-0.2, -0.15) is 0 Å². The van der Waals surface area contributed by atoms with Crippen LogP contribution in [0.15, 0.2) is 0 Å². The zero-order valence-corrected chi connectivity index (χ0v) is 10.6. The Morgan fingerprint density at radius 1 is 1.07 bits per heavy atom. The first-order valence-electron chi connectivity index (χ1n) is 5.71. The highest BCUT2D eigenvalue weighted by atomic mass is 35.5. The molecular weight excluding hydrogens is 199 g/mol. The van der Waals surface area contributed by atoms with Crippen molar-refractivity contribution in [3.63, 3.8) is 0 Å². The van der Waals surface area contributed by atoms with E-state index in [9.17, 15) is 4.39 Å². The number of rotatable bonds is 7. The van der Waals surface area contributed by atoms with Crippen LogP contribution >= 0.6 is 11.6 Å². The third-order valence-corrected chi connectivity index (χ3v) is 3.35. The van der Waals surface area contributed by atoms with Gasteiger partial charge in [0.1, 0.15) is 0 Å². The second-order valence-electron chi connectivity index (χ2n) is 4.81. The summed E-state index contributed by atoms with van der Waals surface area (Å²) in [5.74, 6) is 1.04. The zero-order valence-electron chi connectivity index (χ0n) is 9.89. The Bertz CT molecular complexity index is 134. The maximum Gasteiger partial charge on any atom is 0.0976 e. The molecule has 0 aliphatic carbocycles. The van der Waals surface area contributed by atoms with Crippen molar-refractivity contribution in [1.29, 1.82) is 0 Å².